The Hall–Kier alpha value is -2.67. The van der Waals surface area contributed by atoms with Crippen molar-refractivity contribution in [2.75, 3.05) is 7.11 Å². The number of nitrogens with zero attached hydrogens (tertiary/aromatic N) is 2. The van der Waals surface area contributed by atoms with E-state index in [9.17, 15) is 4.79 Å². The lowest BCUT2D eigenvalue weighted by atomic mass is 10.1. The van der Waals surface area contributed by atoms with E-state index in [2.05, 4.69) is 15.5 Å². The molecule has 0 aliphatic heterocycles. The highest BCUT2D eigenvalue weighted by molar-refractivity contribution is 7.15. The van der Waals surface area contributed by atoms with Gasteiger partial charge < -0.3 is 14.6 Å². The lowest BCUT2D eigenvalue weighted by molar-refractivity contribution is -0.119. The van der Waals surface area contributed by atoms with Crippen LogP contribution in [0.15, 0.2) is 40.9 Å². The molecule has 0 unspecified atom stereocenters. The van der Waals surface area contributed by atoms with E-state index in [-0.39, 0.29) is 5.91 Å². The SMILES string of the molecule is COc1ccccc1CCc1nc(-c2ccc(CNC(C)=O)s2)no1. The number of hydrogen-bond donors (Lipinski definition) is 1. The number of methoxy groups -OCH3 is 1. The summed E-state index contributed by atoms with van der Waals surface area (Å²) in [6.07, 6.45) is 1.42. The zero-order chi connectivity index (χ0) is 17.6. The Balaban J connectivity index is 1.63. The van der Waals surface area contributed by atoms with Crippen LogP contribution >= 0.6 is 11.3 Å². The third-order valence-corrected chi connectivity index (χ3v) is 4.74. The van der Waals surface area contributed by atoms with Gasteiger partial charge in [-0.1, -0.05) is 23.4 Å². The van der Waals surface area contributed by atoms with Gasteiger partial charge in [0.2, 0.25) is 17.6 Å². The Morgan fingerprint density at radius 2 is 2.08 bits per heavy atom. The van der Waals surface area contributed by atoms with Crippen molar-refractivity contribution in [3.05, 3.63) is 52.7 Å². The number of amides is 1. The summed E-state index contributed by atoms with van der Waals surface area (Å²) in [5, 5.41) is 6.83. The third-order valence-electron chi connectivity index (χ3n) is 3.66. The largest absolute Gasteiger partial charge is 0.496 e. The molecule has 6 nitrogen and oxygen atoms in total. The van der Waals surface area contributed by atoms with Crippen molar-refractivity contribution in [2.45, 2.75) is 26.3 Å². The zero-order valence-corrected chi connectivity index (χ0v) is 14.9. The molecule has 0 saturated heterocycles. The molecule has 3 rings (SSSR count). The van der Waals surface area contributed by atoms with Gasteiger partial charge in [0, 0.05) is 18.2 Å². The van der Waals surface area contributed by atoms with E-state index >= 15 is 0 Å². The van der Waals surface area contributed by atoms with Gasteiger partial charge in [-0.05, 0) is 30.2 Å². The van der Waals surface area contributed by atoms with Crippen LogP contribution in [0.3, 0.4) is 0 Å². The average molecular weight is 357 g/mol. The van der Waals surface area contributed by atoms with Gasteiger partial charge >= 0.3 is 0 Å². The first kappa shape index (κ1) is 17.2. The van der Waals surface area contributed by atoms with Crippen molar-refractivity contribution < 1.29 is 14.1 Å². The van der Waals surface area contributed by atoms with Crippen LogP contribution in [0.2, 0.25) is 0 Å². The molecule has 0 atom stereocenters. The molecule has 0 bridgehead atoms. The summed E-state index contributed by atoms with van der Waals surface area (Å²) in [5.41, 5.74) is 1.11. The molecule has 2 aromatic heterocycles. The second-order valence-corrected chi connectivity index (χ2v) is 6.67. The predicted octanol–water partition coefficient (Wildman–Crippen LogP) is 3.23. The number of para-hydroxylation sites is 1. The number of thiophene rings is 1. The number of rotatable bonds is 7. The number of aromatic nitrogens is 2. The Morgan fingerprint density at radius 1 is 1.24 bits per heavy atom. The fraction of sp³-hybridized carbons (Fsp3) is 0.278. The van der Waals surface area contributed by atoms with Crippen LogP contribution in [-0.4, -0.2) is 23.2 Å². The molecule has 0 radical (unpaired) electrons. The number of ether oxygens (including phenoxy) is 1. The van der Waals surface area contributed by atoms with E-state index < -0.39 is 0 Å². The first-order valence-electron chi connectivity index (χ1n) is 7.93. The average Bonchev–Trinajstić information content (AvgIpc) is 3.27. The van der Waals surface area contributed by atoms with Gasteiger partial charge in [0.05, 0.1) is 18.5 Å². The van der Waals surface area contributed by atoms with Crippen molar-refractivity contribution in [3.8, 4) is 16.5 Å². The molecule has 0 fully saturated rings. The van der Waals surface area contributed by atoms with Crippen molar-refractivity contribution in [1.29, 1.82) is 0 Å². The first-order valence-corrected chi connectivity index (χ1v) is 8.75. The van der Waals surface area contributed by atoms with E-state index in [0.717, 1.165) is 27.5 Å². The molecule has 0 aliphatic rings. The maximum atomic E-state index is 11.0. The monoisotopic (exact) mass is 357 g/mol. The van der Waals surface area contributed by atoms with E-state index in [1.54, 1.807) is 18.4 Å². The number of carbonyl (C=O) groups is 1. The third kappa shape index (κ3) is 4.45. The highest BCUT2D eigenvalue weighted by atomic mass is 32.1. The Kier molecular flexibility index (Phi) is 5.45. The summed E-state index contributed by atoms with van der Waals surface area (Å²) in [7, 11) is 1.67. The molecule has 2 heterocycles. The van der Waals surface area contributed by atoms with Crippen molar-refractivity contribution in [1.82, 2.24) is 15.5 Å². The molecular weight excluding hydrogens is 338 g/mol. The van der Waals surface area contributed by atoms with Crippen molar-refractivity contribution in [3.63, 3.8) is 0 Å². The molecular formula is C18H19N3O3S. The van der Waals surface area contributed by atoms with E-state index in [0.29, 0.717) is 24.7 Å². The summed E-state index contributed by atoms with van der Waals surface area (Å²) < 4.78 is 10.7. The normalized spacial score (nSPS) is 10.6. The predicted molar refractivity (Wildman–Crippen MR) is 95.5 cm³/mol. The van der Waals surface area contributed by atoms with Crippen LogP contribution in [0.5, 0.6) is 5.75 Å². The summed E-state index contributed by atoms with van der Waals surface area (Å²) in [6, 6.07) is 11.8. The lowest BCUT2D eigenvalue weighted by Gasteiger charge is -2.05. The van der Waals surface area contributed by atoms with Crippen LogP contribution in [-0.2, 0) is 24.2 Å². The summed E-state index contributed by atoms with van der Waals surface area (Å²) in [5.74, 6) is 1.99. The number of hydrogen-bond acceptors (Lipinski definition) is 6. The number of nitrogens with one attached hydrogen (secondary N) is 1. The van der Waals surface area contributed by atoms with E-state index in [1.807, 2.05) is 36.4 Å². The number of carbonyl (C=O) groups excluding carboxylic acids is 1. The van der Waals surface area contributed by atoms with Gasteiger partial charge in [0.1, 0.15) is 5.75 Å². The van der Waals surface area contributed by atoms with Gasteiger partial charge in [-0.3, -0.25) is 4.79 Å². The minimum absolute atomic E-state index is 0.0480. The number of benzene rings is 1. The summed E-state index contributed by atoms with van der Waals surface area (Å²) in [4.78, 5) is 17.4. The van der Waals surface area contributed by atoms with Gasteiger partial charge in [-0.2, -0.15) is 4.98 Å². The molecule has 0 saturated carbocycles. The Bertz CT molecular complexity index is 857. The highest BCUT2D eigenvalue weighted by Crippen LogP contribution is 2.26. The molecule has 1 aromatic carbocycles. The van der Waals surface area contributed by atoms with Gasteiger partial charge in [-0.25, -0.2) is 0 Å². The highest BCUT2D eigenvalue weighted by Gasteiger charge is 2.12. The zero-order valence-electron chi connectivity index (χ0n) is 14.1. The summed E-state index contributed by atoms with van der Waals surface area (Å²) >= 11 is 1.54. The van der Waals surface area contributed by atoms with Crippen molar-refractivity contribution in [2.24, 2.45) is 0 Å². The van der Waals surface area contributed by atoms with Crippen LogP contribution in [0.25, 0.3) is 10.7 Å². The van der Waals surface area contributed by atoms with Gasteiger partial charge in [-0.15, -0.1) is 11.3 Å². The van der Waals surface area contributed by atoms with Gasteiger partial charge in [0.25, 0.3) is 0 Å². The van der Waals surface area contributed by atoms with Crippen LogP contribution in [0, 0.1) is 0 Å². The second-order valence-electron chi connectivity index (χ2n) is 5.50. The Labute approximate surface area is 149 Å². The molecule has 130 valence electrons. The molecule has 25 heavy (non-hydrogen) atoms. The molecule has 0 spiro atoms. The summed E-state index contributed by atoms with van der Waals surface area (Å²) in [6.45, 7) is 2.01. The van der Waals surface area contributed by atoms with Crippen LogP contribution in [0.1, 0.15) is 23.3 Å². The standard InChI is InChI=1S/C18H19N3O3S/c1-12(22)19-11-14-8-9-16(25-14)18-20-17(24-21-18)10-7-13-5-3-4-6-15(13)23-2/h3-6,8-9H,7,10-11H2,1-2H3,(H,19,22). The number of aryl methyl sites for hydroxylation is 2. The maximum absolute atomic E-state index is 11.0. The van der Waals surface area contributed by atoms with E-state index in [4.69, 9.17) is 9.26 Å². The molecule has 7 heteroatoms. The minimum Gasteiger partial charge on any atom is -0.496 e. The van der Waals surface area contributed by atoms with E-state index in [1.165, 1.54) is 6.92 Å². The fourth-order valence-corrected chi connectivity index (χ4v) is 3.29. The Morgan fingerprint density at radius 3 is 2.88 bits per heavy atom. The van der Waals surface area contributed by atoms with Gasteiger partial charge in [0.15, 0.2) is 0 Å². The molecule has 0 aliphatic carbocycles. The van der Waals surface area contributed by atoms with Crippen molar-refractivity contribution >= 4 is 17.2 Å². The molecule has 1 amide bonds. The minimum atomic E-state index is -0.0480. The quantitative estimate of drug-likeness (QED) is 0.702. The first-order chi connectivity index (χ1) is 12.2. The van der Waals surface area contributed by atoms with Crippen LogP contribution < -0.4 is 10.1 Å². The molecule has 1 N–H and O–H groups in total. The van der Waals surface area contributed by atoms with Crippen LogP contribution in [0.4, 0.5) is 0 Å². The topological polar surface area (TPSA) is 77.2 Å². The lowest BCUT2D eigenvalue weighted by Crippen LogP contribution is -2.17. The second kappa shape index (κ2) is 7.94. The maximum Gasteiger partial charge on any atom is 0.227 e. The fourth-order valence-electron chi connectivity index (χ4n) is 2.41. The smallest absolute Gasteiger partial charge is 0.227 e. The molecule has 3 aromatic rings.